The molecule has 0 aromatic carbocycles. The highest BCUT2D eigenvalue weighted by Gasteiger charge is 2.51. The van der Waals surface area contributed by atoms with Crippen LogP contribution >= 0.6 is 15.9 Å². The van der Waals surface area contributed by atoms with Gasteiger partial charge in [0.15, 0.2) is 4.67 Å². The Hall–Kier alpha value is -1.83. The lowest BCUT2D eigenvalue weighted by molar-refractivity contribution is -0.123. The number of amides is 4. The van der Waals surface area contributed by atoms with E-state index in [1.807, 2.05) is 0 Å². The standard InChI is InChI=1S/C11H10BrN3O4/c12-7-6(1-4-19-7)8(16)15-3-2-11(5-15)9(17)13-10(18)14-11/h1,4H,2-3,5H2,(H2,13,14,17,18). The Labute approximate surface area is 116 Å². The lowest BCUT2D eigenvalue weighted by Gasteiger charge is -2.20. The van der Waals surface area contributed by atoms with Crippen molar-refractivity contribution < 1.29 is 18.8 Å². The number of rotatable bonds is 1. The molecule has 1 atom stereocenters. The van der Waals surface area contributed by atoms with Gasteiger partial charge in [0.2, 0.25) is 0 Å². The Morgan fingerprint density at radius 3 is 2.84 bits per heavy atom. The Kier molecular flexibility index (Phi) is 2.63. The topological polar surface area (TPSA) is 91.7 Å². The molecular formula is C11H10BrN3O4. The van der Waals surface area contributed by atoms with Crippen molar-refractivity contribution in [3.8, 4) is 0 Å². The molecule has 100 valence electrons. The summed E-state index contributed by atoms with van der Waals surface area (Å²) < 4.78 is 5.38. The first-order valence-electron chi connectivity index (χ1n) is 5.68. The van der Waals surface area contributed by atoms with Crippen molar-refractivity contribution in [3.63, 3.8) is 0 Å². The van der Waals surface area contributed by atoms with E-state index in [2.05, 4.69) is 26.6 Å². The molecule has 4 amide bonds. The van der Waals surface area contributed by atoms with Gasteiger partial charge in [-0.3, -0.25) is 14.9 Å². The SMILES string of the molecule is O=C1NC(=O)C2(CCN(C(=O)c3ccoc3Br)C2)N1. The molecule has 7 nitrogen and oxygen atoms in total. The highest BCUT2D eigenvalue weighted by molar-refractivity contribution is 9.10. The van der Waals surface area contributed by atoms with E-state index >= 15 is 0 Å². The number of nitrogens with zero attached hydrogens (tertiary/aromatic N) is 1. The summed E-state index contributed by atoms with van der Waals surface area (Å²) in [4.78, 5) is 36.8. The molecule has 2 aliphatic heterocycles. The van der Waals surface area contributed by atoms with Gasteiger partial charge in [-0.05, 0) is 28.4 Å². The number of carbonyl (C=O) groups is 3. The highest BCUT2D eigenvalue weighted by Crippen LogP contribution is 2.27. The number of halogens is 1. The van der Waals surface area contributed by atoms with Gasteiger partial charge in [-0.1, -0.05) is 0 Å². The minimum absolute atomic E-state index is 0.168. The second-order valence-corrected chi connectivity index (χ2v) is 5.30. The Balaban J connectivity index is 1.80. The van der Waals surface area contributed by atoms with Gasteiger partial charge >= 0.3 is 6.03 Å². The molecule has 8 heteroatoms. The van der Waals surface area contributed by atoms with E-state index in [1.165, 1.54) is 11.2 Å². The molecule has 1 aromatic rings. The normalized spacial score (nSPS) is 25.8. The van der Waals surface area contributed by atoms with E-state index in [0.717, 1.165) is 0 Å². The summed E-state index contributed by atoms with van der Waals surface area (Å²) in [5.74, 6) is -0.606. The summed E-state index contributed by atoms with van der Waals surface area (Å²) in [5.41, 5.74) is -0.579. The third-order valence-electron chi connectivity index (χ3n) is 3.42. The number of carbonyl (C=O) groups excluding carboxylic acids is 3. The molecule has 1 spiro atoms. The first kappa shape index (κ1) is 12.2. The van der Waals surface area contributed by atoms with E-state index in [1.54, 1.807) is 6.07 Å². The van der Waals surface area contributed by atoms with Gasteiger partial charge in [-0.2, -0.15) is 0 Å². The van der Waals surface area contributed by atoms with E-state index in [0.29, 0.717) is 23.2 Å². The number of imide groups is 1. The molecule has 0 aliphatic carbocycles. The lowest BCUT2D eigenvalue weighted by atomic mass is 9.99. The minimum atomic E-state index is -0.983. The molecule has 2 saturated heterocycles. The van der Waals surface area contributed by atoms with Gasteiger partial charge in [-0.15, -0.1) is 0 Å². The van der Waals surface area contributed by atoms with Crippen molar-refractivity contribution in [2.45, 2.75) is 12.0 Å². The monoisotopic (exact) mass is 327 g/mol. The van der Waals surface area contributed by atoms with Crippen molar-refractivity contribution >= 4 is 33.8 Å². The Bertz CT molecular complexity index is 584. The summed E-state index contributed by atoms with van der Waals surface area (Å²) >= 11 is 3.15. The molecule has 3 heterocycles. The van der Waals surface area contributed by atoms with Crippen LogP contribution in [0.4, 0.5) is 4.79 Å². The first-order chi connectivity index (χ1) is 9.02. The zero-order valence-electron chi connectivity index (χ0n) is 9.73. The molecule has 0 radical (unpaired) electrons. The summed E-state index contributed by atoms with van der Waals surface area (Å²) in [6.07, 6.45) is 1.82. The van der Waals surface area contributed by atoms with Crippen LogP contribution in [0.3, 0.4) is 0 Å². The van der Waals surface area contributed by atoms with Crippen LogP contribution in [0.15, 0.2) is 21.4 Å². The smallest absolute Gasteiger partial charge is 0.322 e. The van der Waals surface area contributed by atoms with Gasteiger partial charge in [0.05, 0.1) is 18.4 Å². The van der Waals surface area contributed by atoms with E-state index < -0.39 is 11.6 Å². The van der Waals surface area contributed by atoms with Crippen LogP contribution in [0.1, 0.15) is 16.8 Å². The summed E-state index contributed by atoms with van der Waals surface area (Å²) in [6.45, 7) is 0.575. The van der Waals surface area contributed by atoms with E-state index in [9.17, 15) is 14.4 Å². The van der Waals surface area contributed by atoms with Crippen LogP contribution in [0, 0.1) is 0 Å². The second kappa shape index (κ2) is 4.09. The van der Waals surface area contributed by atoms with Crippen LogP contribution < -0.4 is 10.6 Å². The maximum Gasteiger partial charge on any atom is 0.322 e. The van der Waals surface area contributed by atoms with Crippen molar-refractivity contribution in [2.24, 2.45) is 0 Å². The first-order valence-corrected chi connectivity index (χ1v) is 6.47. The van der Waals surface area contributed by atoms with Gasteiger partial charge in [-0.25, -0.2) is 4.79 Å². The highest BCUT2D eigenvalue weighted by atomic mass is 79.9. The molecule has 0 saturated carbocycles. The third kappa shape index (κ3) is 1.83. The lowest BCUT2D eigenvalue weighted by Crippen LogP contribution is -2.49. The maximum absolute atomic E-state index is 12.2. The molecule has 2 fully saturated rings. The largest absolute Gasteiger partial charge is 0.457 e. The number of urea groups is 1. The van der Waals surface area contributed by atoms with Gasteiger partial charge in [0.25, 0.3) is 11.8 Å². The van der Waals surface area contributed by atoms with Crippen LogP contribution in [-0.4, -0.2) is 41.4 Å². The fraction of sp³-hybridized carbons (Fsp3) is 0.364. The van der Waals surface area contributed by atoms with Crippen molar-refractivity contribution in [1.29, 1.82) is 0 Å². The van der Waals surface area contributed by atoms with Crippen LogP contribution in [0.2, 0.25) is 0 Å². The number of furan rings is 1. The molecule has 0 bridgehead atoms. The van der Waals surface area contributed by atoms with E-state index in [4.69, 9.17) is 4.42 Å². The predicted octanol–water partition coefficient (Wildman–Crippen LogP) is 0.466. The van der Waals surface area contributed by atoms with Crippen LogP contribution in [-0.2, 0) is 4.79 Å². The second-order valence-electron chi connectivity index (χ2n) is 4.58. The molecular weight excluding hydrogens is 318 g/mol. The van der Waals surface area contributed by atoms with Gasteiger partial charge in [0, 0.05) is 6.54 Å². The Morgan fingerprint density at radius 2 is 2.26 bits per heavy atom. The minimum Gasteiger partial charge on any atom is -0.457 e. The molecule has 1 unspecified atom stereocenters. The molecule has 2 N–H and O–H groups in total. The zero-order valence-corrected chi connectivity index (χ0v) is 11.3. The molecule has 1 aromatic heterocycles. The fourth-order valence-electron chi connectivity index (χ4n) is 2.42. The summed E-state index contributed by atoms with van der Waals surface area (Å²) in [6, 6.07) is 1.05. The Morgan fingerprint density at radius 1 is 1.47 bits per heavy atom. The van der Waals surface area contributed by atoms with Crippen molar-refractivity contribution in [3.05, 3.63) is 22.6 Å². The molecule has 3 rings (SSSR count). The average molecular weight is 328 g/mol. The quantitative estimate of drug-likeness (QED) is 0.733. The number of likely N-dealkylation sites (tertiary alicyclic amines) is 1. The summed E-state index contributed by atoms with van der Waals surface area (Å²) in [7, 11) is 0. The van der Waals surface area contributed by atoms with Gasteiger partial charge in [0.1, 0.15) is 5.54 Å². The zero-order chi connectivity index (χ0) is 13.6. The molecule has 2 aliphatic rings. The van der Waals surface area contributed by atoms with Crippen molar-refractivity contribution in [2.75, 3.05) is 13.1 Å². The van der Waals surface area contributed by atoms with Crippen LogP contribution in [0.5, 0.6) is 0 Å². The van der Waals surface area contributed by atoms with Crippen LogP contribution in [0.25, 0.3) is 0 Å². The number of nitrogens with one attached hydrogen (secondary N) is 2. The number of hydrogen-bond acceptors (Lipinski definition) is 4. The molecule has 19 heavy (non-hydrogen) atoms. The maximum atomic E-state index is 12.2. The number of hydrogen-bond donors (Lipinski definition) is 2. The third-order valence-corrected chi connectivity index (χ3v) is 4.03. The van der Waals surface area contributed by atoms with Crippen molar-refractivity contribution in [1.82, 2.24) is 15.5 Å². The fourth-order valence-corrected chi connectivity index (χ4v) is 2.82. The summed E-state index contributed by atoms with van der Waals surface area (Å²) in [5, 5.41) is 4.80. The van der Waals surface area contributed by atoms with E-state index in [-0.39, 0.29) is 18.4 Å². The average Bonchev–Trinajstić information content (AvgIpc) is 3.01. The van der Waals surface area contributed by atoms with Gasteiger partial charge < -0.3 is 14.6 Å². The predicted molar refractivity (Wildman–Crippen MR) is 66.3 cm³/mol.